The van der Waals surface area contributed by atoms with Crippen LogP contribution in [0.5, 0.6) is 5.75 Å². The highest BCUT2D eigenvalue weighted by Gasteiger charge is 2.49. The first-order valence-electron chi connectivity index (χ1n) is 22.7. The molecule has 0 saturated carbocycles. The van der Waals surface area contributed by atoms with Gasteiger partial charge in [0, 0.05) is 55.0 Å². The molecule has 0 bridgehead atoms. The van der Waals surface area contributed by atoms with E-state index < -0.39 is 24.3 Å². The number of rotatable bonds is 9. The lowest BCUT2D eigenvalue weighted by Gasteiger charge is -2.34. The van der Waals surface area contributed by atoms with Crippen molar-refractivity contribution in [1.29, 1.82) is 0 Å². The number of ether oxygens (including phenoxy) is 4. The number of carbonyl (C=O) groups is 4. The van der Waals surface area contributed by atoms with Gasteiger partial charge in [0.05, 0.1) is 49.2 Å². The molecule has 0 radical (unpaired) electrons. The number of hydrogen-bond acceptors (Lipinski definition) is 10. The molecular formula is C49H54N8O8. The summed E-state index contributed by atoms with van der Waals surface area (Å²) in [5.74, 6) is 8.33. The minimum absolute atomic E-state index is 0.0205. The monoisotopic (exact) mass is 882 g/mol. The average Bonchev–Trinajstić information content (AvgIpc) is 4.18. The lowest BCUT2D eigenvalue weighted by Crippen LogP contribution is -2.53. The van der Waals surface area contributed by atoms with E-state index in [0.717, 1.165) is 68.3 Å². The number of aromatic amines is 2. The number of benzene rings is 3. The van der Waals surface area contributed by atoms with Crippen LogP contribution < -0.4 is 15.4 Å². The van der Waals surface area contributed by atoms with Gasteiger partial charge in [0.25, 0.3) is 0 Å². The molecule has 1 aliphatic carbocycles. The van der Waals surface area contributed by atoms with Crippen LogP contribution in [-0.2, 0) is 30.4 Å². The fourth-order valence-corrected chi connectivity index (χ4v) is 10.7. The van der Waals surface area contributed by atoms with Gasteiger partial charge in [0.15, 0.2) is 0 Å². The standard InChI is InChI=1S/C49H54N8O8/c1-25(2)40(54-48(60)62-4)47(59)57-26(3)9-14-38(57)44-51-36-13-11-28-20-35-32-12-10-29(19-31(32)24-65-39(35)21-34(28)42(36)53-44)37-22-50-45(52-37)43-33-8-6-7-30(33)23-56(43)46(58)41(55-49(61)63-5)27-15-17-64-18-16-27/h10-13,19-22,25-27,30,33,38,40-41,43H,8-9,14-18,23-24H2,1-5H3,(H,50,52)(H,51,53)(H,54,60)(H,55,61)/t26-,30+,33+,38-,40-,41-,43-/m0/s1. The van der Waals surface area contributed by atoms with Crippen molar-refractivity contribution < 1.29 is 38.1 Å². The molecule has 4 amide bonds. The molecule has 4 N–H and O–H groups in total. The third-order valence-corrected chi connectivity index (χ3v) is 14.2. The maximum absolute atomic E-state index is 14.4. The maximum atomic E-state index is 14.4. The third-order valence-electron chi connectivity index (χ3n) is 14.2. The van der Waals surface area contributed by atoms with Gasteiger partial charge in [-0.05, 0) is 90.8 Å². The molecule has 0 unspecified atom stereocenters. The molecule has 4 aliphatic heterocycles. The normalized spacial score (nSPS) is 23.3. The zero-order valence-corrected chi connectivity index (χ0v) is 37.2. The summed E-state index contributed by atoms with van der Waals surface area (Å²) in [4.78, 5) is 74.0. The Morgan fingerprint density at radius 2 is 1.71 bits per heavy atom. The quantitative estimate of drug-likeness (QED) is 0.115. The molecule has 6 heterocycles. The smallest absolute Gasteiger partial charge is 0.407 e. The van der Waals surface area contributed by atoms with Crippen molar-refractivity contribution in [3.8, 4) is 40.0 Å². The van der Waals surface area contributed by atoms with Gasteiger partial charge in [-0.25, -0.2) is 19.6 Å². The van der Waals surface area contributed by atoms with E-state index in [1.54, 1.807) is 0 Å². The van der Waals surface area contributed by atoms with Gasteiger partial charge in [-0.2, -0.15) is 0 Å². The fraction of sp³-hybridized carbons (Fsp3) is 0.469. The average molecular weight is 883 g/mol. The number of imidazole rings is 2. The Hall–Kier alpha value is -6.60. The topological polar surface area (TPSA) is 193 Å². The minimum Gasteiger partial charge on any atom is -0.488 e. The summed E-state index contributed by atoms with van der Waals surface area (Å²) in [7, 11) is 2.60. The fourth-order valence-electron chi connectivity index (χ4n) is 10.7. The Labute approximate surface area is 376 Å². The molecule has 65 heavy (non-hydrogen) atoms. The number of nitrogens with zero attached hydrogens (tertiary/aromatic N) is 4. The second kappa shape index (κ2) is 17.1. The lowest BCUT2D eigenvalue weighted by atomic mass is 9.90. The van der Waals surface area contributed by atoms with Gasteiger partial charge in [-0.3, -0.25) is 9.59 Å². The van der Waals surface area contributed by atoms with E-state index in [-0.39, 0.29) is 53.6 Å². The summed E-state index contributed by atoms with van der Waals surface area (Å²) >= 11 is 0. The van der Waals surface area contributed by atoms with E-state index in [2.05, 4.69) is 68.8 Å². The van der Waals surface area contributed by atoms with Crippen LogP contribution >= 0.6 is 0 Å². The number of fused-ring (bicyclic) bond motifs is 7. The van der Waals surface area contributed by atoms with E-state index in [0.29, 0.717) is 57.3 Å². The zero-order valence-electron chi connectivity index (χ0n) is 37.2. The van der Waals surface area contributed by atoms with Crippen molar-refractivity contribution in [3.63, 3.8) is 0 Å². The van der Waals surface area contributed by atoms with E-state index >= 15 is 0 Å². The Morgan fingerprint density at radius 3 is 2.49 bits per heavy atom. The van der Waals surface area contributed by atoms with Crippen molar-refractivity contribution in [3.05, 3.63) is 65.9 Å². The van der Waals surface area contributed by atoms with E-state index in [1.165, 1.54) is 14.2 Å². The van der Waals surface area contributed by atoms with Crippen LogP contribution in [0.25, 0.3) is 44.2 Å². The first kappa shape index (κ1) is 42.4. The van der Waals surface area contributed by atoms with Crippen molar-refractivity contribution in [2.75, 3.05) is 34.0 Å². The van der Waals surface area contributed by atoms with Crippen molar-refractivity contribution in [1.82, 2.24) is 40.4 Å². The van der Waals surface area contributed by atoms with E-state index in [1.807, 2.05) is 42.8 Å². The van der Waals surface area contributed by atoms with Gasteiger partial charge >= 0.3 is 12.2 Å². The molecule has 2 aromatic heterocycles. The molecule has 338 valence electrons. The van der Waals surface area contributed by atoms with Gasteiger partial charge in [0.2, 0.25) is 11.8 Å². The maximum Gasteiger partial charge on any atom is 0.407 e. The van der Waals surface area contributed by atoms with Crippen LogP contribution in [0, 0.1) is 35.5 Å². The highest BCUT2D eigenvalue weighted by molar-refractivity contribution is 6.07. The second-order valence-electron chi connectivity index (χ2n) is 18.3. The van der Waals surface area contributed by atoms with Crippen molar-refractivity contribution in [2.24, 2.45) is 23.7 Å². The Morgan fingerprint density at radius 1 is 0.908 bits per heavy atom. The number of H-pyrrole nitrogens is 2. The number of carbonyl (C=O) groups excluding carboxylic acids is 4. The summed E-state index contributed by atoms with van der Waals surface area (Å²) in [6, 6.07) is 12.5. The molecule has 16 nitrogen and oxygen atoms in total. The van der Waals surface area contributed by atoms with Gasteiger partial charge in [-0.1, -0.05) is 38.0 Å². The second-order valence-corrected chi connectivity index (χ2v) is 18.3. The number of likely N-dealkylation sites (tertiary alicyclic amines) is 2. The summed E-state index contributed by atoms with van der Waals surface area (Å²) in [5, 5.41) is 7.54. The van der Waals surface area contributed by atoms with Crippen molar-refractivity contribution >= 4 is 45.8 Å². The molecule has 10 rings (SSSR count). The highest BCUT2D eigenvalue weighted by atomic mass is 16.5. The van der Waals surface area contributed by atoms with E-state index in [9.17, 15) is 19.2 Å². The van der Waals surface area contributed by atoms with E-state index in [4.69, 9.17) is 28.9 Å². The largest absolute Gasteiger partial charge is 0.488 e. The molecule has 5 aromatic rings. The van der Waals surface area contributed by atoms with Crippen molar-refractivity contribution in [2.45, 2.75) is 89.7 Å². The van der Waals surface area contributed by atoms with Gasteiger partial charge < -0.3 is 49.3 Å². The molecule has 7 atom stereocenters. The Kier molecular flexibility index (Phi) is 11.1. The molecule has 5 aliphatic rings. The summed E-state index contributed by atoms with van der Waals surface area (Å²) in [6.07, 6.45) is 4.10. The molecule has 3 fully saturated rings. The molecule has 3 saturated heterocycles. The highest BCUT2D eigenvalue weighted by Crippen LogP contribution is 2.46. The zero-order chi connectivity index (χ0) is 45.1. The van der Waals surface area contributed by atoms with Crippen LogP contribution in [-0.4, -0.2) is 106 Å². The Bertz CT molecular complexity index is 2760. The summed E-state index contributed by atoms with van der Waals surface area (Å²) < 4.78 is 21.8. The van der Waals surface area contributed by atoms with Crippen LogP contribution in [0.3, 0.4) is 0 Å². The van der Waals surface area contributed by atoms with Crippen LogP contribution in [0.1, 0.15) is 82.2 Å². The predicted molar refractivity (Wildman–Crippen MR) is 240 cm³/mol. The number of aromatic nitrogens is 4. The summed E-state index contributed by atoms with van der Waals surface area (Å²) in [6.45, 7) is 7.75. The SMILES string of the molecule is COC(=O)N[C@H](C(=O)N1[C@@H](C)CC[C@H]1c1nc2c(ccc3cc4c(cc32)OCc2cc(-c3cnc([C@@H]5[C@@H]6CC#C[C@@H]6CN5C(=O)[C@@H](NC(=O)OC)C5CCOCC5)[nH]3)ccc2-4)[nH]1)C(C)C. The molecule has 3 aromatic carbocycles. The minimum atomic E-state index is -0.746. The molecule has 0 spiro atoms. The van der Waals surface area contributed by atoms with Crippen LogP contribution in [0.15, 0.2) is 48.7 Å². The summed E-state index contributed by atoms with van der Waals surface area (Å²) in [5.41, 5.74) is 6.52. The molecule has 16 heteroatoms. The first-order valence-corrected chi connectivity index (χ1v) is 22.7. The van der Waals surface area contributed by atoms with Gasteiger partial charge in [-0.15, -0.1) is 5.92 Å². The molecular weight excluding hydrogens is 829 g/mol. The number of hydrogen-bond donors (Lipinski definition) is 4. The Balaban J connectivity index is 0.911. The third kappa shape index (κ3) is 7.59. The van der Waals surface area contributed by atoms with Gasteiger partial charge in [0.1, 0.15) is 36.1 Å². The number of alkyl carbamates (subject to hydrolysis) is 2. The number of nitrogens with one attached hydrogen (secondary N) is 4. The number of methoxy groups -OCH3 is 2. The number of amides is 4. The van der Waals surface area contributed by atoms with Crippen LogP contribution in [0.4, 0.5) is 9.59 Å². The predicted octanol–water partition coefficient (Wildman–Crippen LogP) is 6.77. The first-order chi connectivity index (χ1) is 31.5. The lowest BCUT2D eigenvalue weighted by molar-refractivity contribution is -0.138. The van der Waals surface area contributed by atoms with Crippen LogP contribution in [0.2, 0.25) is 0 Å².